The summed E-state index contributed by atoms with van der Waals surface area (Å²) in [6, 6.07) is 19.4. The van der Waals surface area contributed by atoms with Gasteiger partial charge in [-0.05, 0) is 48.2 Å². The van der Waals surface area contributed by atoms with Crippen molar-refractivity contribution >= 4 is 35.2 Å². The lowest BCUT2D eigenvalue weighted by atomic mass is 9.94. The largest absolute Gasteiger partial charge is 0.352 e. The Morgan fingerprint density at radius 3 is 2.33 bits per heavy atom. The van der Waals surface area contributed by atoms with E-state index in [2.05, 4.69) is 5.32 Å². The Hall–Kier alpha value is -2.90. The van der Waals surface area contributed by atoms with Gasteiger partial charge >= 0.3 is 0 Å². The summed E-state index contributed by atoms with van der Waals surface area (Å²) >= 11 is 7.42. The normalized spacial score (nSPS) is 14.5. The molecule has 3 aromatic carbocycles. The highest BCUT2D eigenvalue weighted by molar-refractivity contribution is 7.99. The SMILES string of the molecule is O=C(NC1CCCCC1)[C@@H](Cc1ccccc1)N(Cc1ccc(F)cc1)C(=O)CSCc1c(F)cccc1Cl. The molecule has 0 aromatic heterocycles. The predicted molar refractivity (Wildman–Crippen MR) is 153 cm³/mol. The highest BCUT2D eigenvalue weighted by Crippen LogP contribution is 2.25. The van der Waals surface area contributed by atoms with Crippen molar-refractivity contribution in [2.24, 2.45) is 0 Å². The molecular weight excluding hydrogens is 538 g/mol. The van der Waals surface area contributed by atoms with Crippen LogP contribution in [0.25, 0.3) is 0 Å². The van der Waals surface area contributed by atoms with Gasteiger partial charge in [-0.3, -0.25) is 9.59 Å². The van der Waals surface area contributed by atoms with Gasteiger partial charge in [0.15, 0.2) is 0 Å². The lowest BCUT2D eigenvalue weighted by Gasteiger charge is -2.33. The number of carbonyl (C=O) groups is 2. The van der Waals surface area contributed by atoms with E-state index in [-0.39, 0.29) is 41.7 Å². The number of nitrogens with zero attached hydrogens (tertiary/aromatic N) is 1. The molecule has 0 saturated heterocycles. The fraction of sp³-hybridized carbons (Fsp3) is 0.355. The van der Waals surface area contributed by atoms with Gasteiger partial charge in [0.25, 0.3) is 0 Å². The lowest BCUT2D eigenvalue weighted by Crippen LogP contribution is -2.53. The number of thioether (sulfide) groups is 1. The van der Waals surface area contributed by atoms with Crippen molar-refractivity contribution in [2.45, 2.75) is 62.9 Å². The van der Waals surface area contributed by atoms with Crippen LogP contribution in [0.15, 0.2) is 72.8 Å². The standard InChI is InChI=1S/C31H33ClF2N2O2S/c32-27-12-7-13-28(34)26(27)20-39-21-30(37)36(19-23-14-16-24(33)17-15-23)29(18-22-8-3-1-4-9-22)31(38)35-25-10-5-2-6-11-25/h1,3-4,7-9,12-17,25,29H,2,5-6,10-11,18-21H2,(H,35,38)/t29-/m1/s1. The van der Waals surface area contributed by atoms with Gasteiger partial charge in [-0.15, -0.1) is 11.8 Å². The molecule has 0 spiro atoms. The number of carbonyl (C=O) groups excluding carboxylic acids is 2. The zero-order valence-corrected chi connectivity index (χ0v) is 23.3. The van der Waals surface area contributed by atoms with Gasteiger partial charge in [0, 0.05) is 35.3 Å². The van der Waals surface area contributed by atoms with Gasteiger partial charge in [0.05, 0.1) is 5.75 Å². The number of halogens is 3. The van der Waals surface area contributed by atoms with E-state index in [1.165, 1.54) is 30.0 Å². The Balaban J connectivity index is 1.57. The molecule has 0 heterocycles. The van der Waals surface area contributed by atoms with E-state index < -0.39 is 11.9 Å². The van der Waals surface area contributed by atoms with E-state index in [4.69, 9.17) is 11.6 Å². The molecule has 1 saturated carbocycles. The zero-order valence-electron chi connectivity index (χ0n) is 21.8. The molecule has 1 atom stereocenters. The quantitative estimate of drug-likeness (QED) is 0.272. The van der Waals surface area contributed by atoms with E-state index in [0.29, 0.717) is 17.0 Å². The first-order chi connectivity index (χ1) is 18.9. The monoisotopic (exact) mass is 570 g/mol. The molecule has 0 aliphatic heterocycles. The Morgan fingerprint density at radius 2 is 1.64 bits per heavy atom. The summed E-state index contributed by atoms with van der Waals surface area (Å²) in [6.45, 7) is 0.149. The second-order valence-corrected chi connectivity index (χ2v) is 11.3. The van der Waals surface area contributed by atoms with Crippen molar-refractivity contribution < 1.29 is 18.4 Å². The maximum Gasteiger partial charge on any atom is 0.243 e. The molecule has 0 radical (unpaired) electrons. The number of rotatable bonds is 11. The van der Waals surface area contributed by atoms with E-state index in [0.717, 1.165) is 43.2 Å². The summed E-state index contributed by atoms with van der Waals surface area (Å²) in [6.07, 6.45) is 5.50. The molecule has 3 aromatic rings. The van der Waals surface area contributed by atoms with Gasteiger partial charge in [0.1, 0.15) is 17.7 Å². The fourth-order valence-electron chi connectivity index (χ4n) is 4.88. The van der Waals surface area contributed by atoms with Gasteiger partial charge in [-0.25, -0.2) is 8.78 Å². The molecule has 8 heteroatoms. The van der Waals surface area contributed by atoms with Crippen molar-refractivity contribution in [3.05, 3.63) is 106 Å². The number of hydrogen-bond acceptors (Lipinski definition) is 3. The first-order valence-electron chi connectivity index (χ1n) is 13.3. The second-order valence-electron chi connectivity index (χ2n) is 9.89. The molecule has 2 amide bonds. The van der Waals surface area contributed by atoms with E-state index in [9.17, 15) is 18.4 Å². The van der Waals surface area contributed by atoms with Crippen molar-refractivity contribution in [3.8, 4) is 0 Å². The number of amides is 2. The molecule has 0 bridgehead atoms. The van der Waals surface area contributed by atoms with E-state index >= 15 is 0 Å². The fourth-order valence-corrected chi connectivity index (χ4v) is 6.13. The molecular formula is C31H33ClF2N2O2S. The van der Waals surface area contributed by atoms with Crippen LogP contribution in [0.5, 0.6) is 0 Å². The van der Waals surface area contributed by atoms with Crippen LogP contribution in [0.3, 0.4) is 0 Å². The highest BCUT2D eigenvalue weighted by atomic mass is 35.5. The molecule has 4 rings (SSSR count). The molecule has 206 valence electrons. The predicted octanol–water partition coefficient (Wildman–Crippen LogP) is 6.94. The van der Waals surface area contributed by atoms with Gasteiger partial charge in [-0.1, -0.05) is 79.4 Å². The third-order valence-electron chi connectivity index (χ3n) is 7.02. The first-order valence-corrected chi connectivity index (χ1v) is 14.8. The molecule has 1 N–H and O–H groups in total. The maximum absolute atomic E-state index is 14.3. The van der Waals surface area contributed by atoms with Crippen LogP contribution in [-0.4, -0.2) is 34.6 Å². The summed E-state index contributed by atoms with van der Waals surface area (Å²) < 4.78 is 27.9. The average molecular weight is 571 g/mol. The maximum atomic E-state index is 14.3. The molecule has 1 aliphatic carbocycles. The smallest absolute Gasteiger partial charge is 0.243 e. The molecule has 0 unspecified atom stereocenters. The summed E-state index contributed by atoms with van der Waals surface area (Å²) in [5, 5.41) is 3.51. The van der Waals surface area contributed by atoms with E-state index in [1.54, 1.807) is 29.2 Å². The van der Waals surface area contributed by atoms with Crippen molar-refractivity contribution in [1.29, 1.82) is 0 Å². The minimum Gasteiger partial charge on any atom is -0.352 e. The molecule has 4 nitrogen and oxygen atoms in total. The third kappa shape index (κ3) is 8.54. The summed E-state index contributed by atoms with van der Waals surface area (Å²) in [5.74, 6) is -0.975. The van der Waals surface area contributed by atoms with Crippen LogP contribution in [0.1, 0.15) is 48.8 Å². The Bertz CT molecular complexity index is 1220. The van der Waals surface area contributed by atoms with Crippen LogP contribution in [0.4, 0.5) is 8.78 Å². The summed E-state index contributed by atoms with van der Waals surface area (Å²) in [5.41, 5.74) is 2.00. The van der Waals surface area contributed by atoms with Crippen LogP contribution in [-0.2, 0) is 28.3 Å². The van der Waals surface area contributed by atoms with Crippen molar-refractivity contribution in [1.82, 2.24) is 10.2 Å². The highest BCUT2D eigenvalue weighted by Gasteiger charge is 2.32. The number of hydrogen-bond donors (Lipinski definition) is 1. The molecule has 1 aliphatic rings. The Kier molecular flexibility index (Phi) is 10.8. The van der Waals surface area contributed by atoms with Crippen LogP contribution in [0.2, 0.25) is 5.02 Å². The Morgan fingerprint density at radius 1 is 0.923 bits per heavy atom. The molecule has 39 heavy (non-hydrogen) atoms. The zero-order chi connectivity index (χ0) is 27.6. The minimum absolute atomic E-state index is 0.0356. The van der Waals surface area contributed by atoms with Gasteiger partial charge < -0.3 is 10.2 Å². The second kappa shape index (κ2) is 14.5. The average Bonchev–Trinajstić information content (AvgIpc) is 2.94. The van der Waals surface area contributed by atoms with E-state index in [1.807, 2.05) is 30.3 Å². The lowest BCUT2D eigenvalue weighted by molar-refractivity contribution is -0.139. The van der Waals surface area contributed by atoms with Crippen LogP contribution < -0.4 is 5.32 Å². The first kappa shape index (κ1) is 29.1. The van der Waals surface area contributed by atoms with Gasteiger partial charge in [-0.2, -0.15) is 0 Å². The Labute approximate surface area is 238 Å². The summed E-state index contributed by atoms with van der Waals surface area (Å²) in [7, 11) is 0. The van der Waals surface area contributed by atoms with Gasteiger partial charge in [0.2, 0.25) is 11.8 Å². The molecule has 1 fully saturated rings. The van der Waals surface area contributed by atoms with Crippen molar-refractivity contribution in [3.63, 3.8) is 0 Å². The number of benzene rings is 3. The topological polar surface area (TPSA) is 49.4 Å². The number of nitrogens with one attached hydrogen (secondary N) is 1. The van der Waals surface area contributed by atoms with Crippen LogP contribution in [0, 0.1) is 11.6 Å². The third-order valence-corrected chi connectivity index (χ3v) is 8.32. The minimum atomic E-state index is -0.760. The summed E-state index contributed by atoms with van der Waals surface area (Å²) in [4.78, 5) is 29.1. The van der Waals surface area contributed by atoms with Crippen molar-refractivity contribution in [2.75, 3.05) is 5.75 Å². The van der Waals surface area contributed by atoms with Crippen LogP contribution >= 0.6 is 23.4 Å².